The molecule has 0 radical (unpaired) electrons. The first kappa shape index (κ1) is 16.9. The van der Waals surface area contributed by atoms with Crippen LogP contribution in [0.25, 0.3) is 5.69 Å². The van der Waals surface area contributed by atoms with Crippen LogP contribution >= 0.6 is 0 Å². The van der Waals surface area contributed by atoms with Crippen LogP contribution in [0.1, 0.15) is 21.6 Å². The highest BCUT2D eigenvalue weighted by Gasteiger charge is 2.16. The quantitative estimate of drug-likeness (QED) is 0.721. The fourth-order valence-corrected chi connectivity index (χ4v) is 2.51. The number of carbonyl (C=O) groups is 1. The van der Waals surface area contributed by atoms with Gasteiger partial charge in [-0.3, -0.25) is 4.79 Å². The summed E-state index contributed by atoms with van der Waals surface area (Å²) >= 11 is 0. The topological polar surface area (TPSA) is 80.0 Å². The van der Waals surface area contributed by atoms with Crippen molar-refractivity contribution in [3.8, 4) is 5.69 Å². The van der Waals surface area contributed by atoms with Crippen LogP contribution in [0.3, 0.4) is 0 Å². The fraction of sp³-hybridized carbons (Fsp3) is 0.211. The summed E-state index contributed by atoms with van der Waals surface area (Å²) in [6.45, 7) is 1.86. The number of rotatable bonds is 6. The van der Waals surface area contributed by atoms with Crippen LogP contribution in [0, 0.1) is 6.92 Å². The van der Waals surface area contributed by atoms with Gasteiger partial charge in [-0.2, -0.15) is 0 Å². The van der Waals surface area contributed by atoms with Gasteiger partial charge >= 0.3 is 0 Å². The lowest BCUT2D eigenvalue weighted by atomic mass is 10.1. The van der Waals surface area contributed by atoms with E-state index in [2.05, 4.69) is 15.6 Å². The molecule has 128 valence electrons. The van der Waals surface area contributed by atoms with E-state index in [4.69, 9.17) is 0 Å². The number of benzene rings is 2. The van der Waals surface area contributed by atoms with Gasteiger partial charge in [-0.05, 0) is 31.0 Å². The molecule has 0 spiro atoms. The first-order chi connectivity index (χ1) is 12.2. The van der Waals surface area contributed by atoms with Crippen LogP contribution in [0.4, 0.5) is 0 Å². The van der Waals surface area contributed by atoms with Crippen molar-refractivity contribution >= 4 is 5.91 Å². The number of hydrogen-bond acceptors (Lipinski definition) is 4. The number of nitrogens with one attached hydrogen (secondary N) is 1. The molecule has 0 aliphatic heterocycles. The third-order valence-electron chi connectivity index (χ3n) is 3.91. The molecule has 25 heavy (non-hydrogen) atoms. The van der Waals surface area contributed by atoms with Crippen LogP contribution in [-0.4, -0.2) is 38.7 Å². The lowest BCUT2D eigenvalue weighted by molar-refractivity contribution is 0.0911. The number of aromatic nitrogens is 3. The Kier molecular flexibility index (Phi) is 5.20. The van der Waals surface area contributed by atoms with Crippen molar-refractivity contribution in [1.82, 2.24) is 20.3 Å². The molecule has 0 saturated heterocycles. The van der Waals surface area contributed by atoms with E-state index in [1.54, 1.807) is 10.9 Å². The summed E-state index contributed by atoms with van der Waals surface area (Å²) in [7, 11) is 0. The summed E-state index contributed by atoms with van der Waals surface area (Å²) in [5.74, 6) is -0.353. The molecular formula is C19H20N4O2. The number of aliphatic hydroxyl groups is 1. The number of carbonyl (C=O) groups excluding carboxylic acids is 1. The maximum absolute atomic E-state index is 12.4. The van der Waals surface area contributed by atoms with E-state index in [1.165, 1.54) is 0 Å². The molecule has 3 aromatic rings. The third-order valence-corrected chi connectivity index (χ3v) is 3.91. The first-order valence-corrected chi connectivity index (χ1v) is 8.11. The summed E-state index contributed by atoms with van der Waals surface area (Å²) in [5.41, 5.74) is 3.24. The zero-order chi connectivity index (χ0) is 17.6. The molecule has 1 heterocycles. The first-order valence-electron chi connectivity index (χ1n) is 8.11. The minimum atomic E-state index is -0.376. The zero-order valence-corrected chi connectivity index (χ0v) is 14.0. The molecule has 0 aliphatic rings. The zero-order valence-electron chi connectivity index (χ0n) is 14.0. The number of nitrogens with zero attached hydrogens (tertiary/aromatic N) is 3. The van der Waals surface area contributed by atoms with E-state index in [1.807, 2.05) is 61.5 Å². The van der Waals surface area contributed by atoms with Crippen LogP contribution in [-0.2, 0) is 6.42 Å². The number of amides is 1. The van der Waals surface area contributed by atoms with Crippen molar-refractivity contribution in [2.24, 2.45) is 0 Å². The molecule has 0 aliphatic carbocycles. The molecule has 1 amide bonds. The summed E-state index contributed by atoms with van der Waals surface area (Å²) in [6.07, 6.45) is 2.13. The van der Waals surface area contributed by atoms with Gasteiger partial charge in [0.1, 0.15) is 0 Å². The molecule has 0 saturated carbocycles. The van der Waals surface area contributed by atoms with Crippen molar-refractivity contribution in [3.05, 3.63) is 77.6 Å². The normalized spacial score (nSPS) is 11.9. The molecule has 1 unspecified atom stereocenters. The van der Waals surface area contributed by atoms with Crippen LogP contribution in [0.15, 0.2) is 60.8 Å². The average Bonchev–Trinajstić information content (AvgIpc) is 3.13. The number of aliphatic hydroxyl groups excluding tert-OH is 1. The molecule has 0 fully saturated rings. The lowest BCUT2D eigenvalue weighted by Gasteiger charge is -2.15. The SMILES string of the molecule is Cc1ccc(-n2cc(C(=O)NC(CO)Cc3ccccc3)nn2)cc1. The van der Waals surface area contributed by atoms with Crippen LogP contribution in [0.2, 0.25) is 0 Å². The minimum absolute atomic E-state index is 0.146. The second-order valence-corrected chi connectivity index (χ2v) is 5.93. The Morgan fingerprint density at radius 1 is 1.16 bits per heavy atom. The third kappa shape index (κ3) is 4.30. The molecule has 1 aromatic heterocycles. The Hall–Kier alpha value is -2.99. The molecule has 0 bridgehead atoms. The molecule has 3 rings (SSSR count). The smallest absolute Gasteiger partial charge is 0.273 e. The van der Waals surface area contributed by atoms with Gasteiger partial charge in [0.2, 0.25) is 0 Å². The Morgan fingerprint density at radius 2 is 1.88 bits per heavy atom. The van der Waals surface area contributed by atoms with E-state index in [0.717, 1.165) is 16.8 Å². The van der Waals surface area contributed by atoms with Gasteiger partial charge in [-0.1, -0.05) is 53.2 Å². The van der Waals surface area contributed by atoms with Gasteiger partial charge in [0.25, 0.3) is 5.91 Å². The second-order valence-electron chi connectivity index (χ2n) is 5.93. The van der Waals surface area contributed by atoms with Crippen molar-refractivity contribution in [3.63, 3.8) is 0 Å². The Bertz CT molecular complexity index is 828. The second kappa shape index (κ2) is 7.72. The van der Waals surface area contributed by atoms with Gasteiger partial charge < -0.3 is 10.4 Å². The summed E-state index contributed by atoms with van der Waals surface area (Å²) in [6, 6.07) is 17.1. The van der Waals surface area contributed by atoms with E-state index in [-0.39, 0.29) is 24.2 Å². The van der Waals surface area contributed by atoms with Crippen molar-refractivity contribution in [1.29, 1.82) is 0 Å². The van der Waals surface area contributed by atoms with E-state index < -0.39 is 0 Å². The Balaban J connectivity index is 1.67. The van der Waals surface area contributed by atoms with Gasteiger partial charge in [0.15, 0.2) is 5.69 Å². The van der Waals surface area contributed by atoms with Crippen LogP contribution in [0.5, 0.6) is 0 Å². The van der Waals surface area contributed by atoms with E-state index >= 15 is 0 Å². The lowest BCUT2D eigenvalue weighted by Crippen LogP contribution is -2.39. The van der Waals surface area contributed by atoms with E-state index in [9.17, 15) is 9.90 Å². The summed E-state index contributed by atoms with van der Waals surface area (Å²) in [5, 5.41) is 20.3. The predicted octanol–water partition coefficient (Wildman–Crippen LogP) is 1.91. The molecular weight excluding hydrogens is 316 g/mol. The molecule has 2 N–H and O–H groups in total. The molecule has 2 aromatic carbocycles. The minimum Gasteiger partial charge on any atom is -0.394 e. The molecule has 6 nitrogen and oxygen atoms in total. The average molecular weight is 336 g/mol. The summed E-state index contributed by atoms with van der Waals surface area (Å²) in [4.78, 5) is 12.4. The Labute approximate surface area is 146 Å². The maximum Gasteiger partial charge on any atom is 0.273 e. The van der Waals surface area contributed by atoms with Crippen molar-refractivity contribution < 1.29 is 9.90 Å². The number of hydrogen-bond donors (Lipinski definition) is 2. The van der Waals surface area contributed by atoms with Crippen LogP contribution < -0.4 is 5.32 Å². The highest BCUT2D eigenvalue weighted by Crippen LogP contribution is 2.09. The van der Waals surface area contributed by atoms with Gasteiger partial charge in [-0.25, -0.2) is 4.68 Å². The van der Waals surface area contributed by atoms with Gasteiger partial charge in [0.05, 0.1) is 24.5 Å². The van der Waals surface area contributed by atoms with Gasteiger partial charge in [-0.15, -0.1) is 5.10 Å². The maximum atomic E-state index is 12.4. The highest BCUT2D eigenvalue weighted by atomic mass is 16.3. The highest BCUT2D eigenvalue weighted by molar-refractivity contribution is 5.92. The van der Waals surface area contributed by atoms with Crippen molar-refractivity contribution in [2.45, 2.75) is 19.4 Å². The largest absolute Gasteiger partial charge is 0.394 e. The van der Waals surface area contributed by atoms with Gasteiger partial charge in [0, 0.05) is 0 Å². The fourth-order valence-electron chi connectivity index (χ4n) is 2.51. The Morgan fingerprint density at radius 3 is 2.56 bits per heavy atom. The summed E-state index contributed by atoms with van der Waals surface area (Å²) < 4.78 is 1.56. The number of aryl methyl sites for hydroxylation is 1. The van der Waals surface area contributed by atoms with Crippen molar-refractivity contribution in [2.75, 3.05) is 6.61 Å². The van der Waals surface area contributed by atoms with E-state index in [0.29, 0.717) is 6.42 Å². The standard InChI is InChI=1S/C19H20N4O2/c1-14-7-9-17(10-8-14)23-12-18(21-22-23)19(25)20-16(13-24)11-15-5-3-2-4-6-15/h2-10,12,16,24H,11,13H2,1H3,(H,20,25). The molecule has 1 atom stereocenters. The molecule has 6 heteroatoms. The predicted molar refractivity (Wildman–Crippen MR) is 94.6 cm³/mol. The monoisotopic (exact) mass is 336 g/mol.